The number of hydrogen-bond acceptors (Lipinski definition) is 6. The molecule has 1 atom stereocenters. The highest BCUT2D eigenvalue weighted by molar-refractivity contribution is 7.89. The number of nitrogens with one attached hydrogen (secondary N) is 2. The number of amides is 1. The van der Waals surface area contributed by atoms with Gasteiger partial charge < -0.3 is 15.4 Å². The Labute approximate surface area is 185 Å². The Morgan fingerprint density at radius 2 is 1.91 bits per heavy atom. The Morgan fingerprint density at radius 3 is 2.53 bits per heavy atom. The number of rotatable bonds is 7. The van der Waals surface area contributed by atoms with Crippen molar-refractivity contribution in [3.8, 4) is 0 Å². The Kier molecular flexibility index (Phi) is 7.26. The molecule has 10 heteroatoms. The van der Waals surface area contributed by atoms with Crippen LogP contribution in [0.1, 0.15) is 36.5 Å². The van der Waals surface area contributed by atoms with Gasteiger partial charge in [-0.15, -0.1) is 0 Å². The number of carbonyl (C=O) groups excluding carboxylic acids is 2. The molecule has 0 aliphatic heterocycles. The van der Waals surface area contributed by atoms with Gasteiger partial charge in [0.05, 0.1) is 28.8 Å². The van der Waals surface area contributed by atoms with Crippen LogP contribution in [0.4, 0.5) is 10.1 Å². The van der Waals surface area contributed by atoms with E-state index in [2.05, 4.69) is 10.6 Å². The first-order valence-electron chi connectivity index (χ1n) is 10.1. The molecule has 1 aliphatic carbocycles. The molecule has 0 radical (unpaired) electrons. The number of esters is 1. The molecule has 1 aliphatic rings. The van der Waals surface area contributed by atoms with Gasteiger partial charge in [0.15, 0.2) is 0 Å². The number of sulfonamides is 1. The molecule has 0 heterocycles. The fourth-order valence-corrected chi connectivity index (χ4v) is 3.99. The van der Waals surface area contributed by atoms with Gasteiger partial charge in [0.25, 0.3) is 5.91 Å². The van der Waals surface area contributed by atoms with Crippen molar-refractivity contribution in [1.82, 2.24) is 5.32 Å². The minimum absolute atomic E-state index is 0.121. The van der Waals surface area contributed by atoms with Crippen LogP contribution in [0.2, 0.25) is 0 Å². The van der Waals surface area contributed by atoms with Crippen LogP contribution < -0.4 is 15.8 Å². The zero-order valence-corrected chi connectivity index (χ0v) is 18.2. The molecule has 32 heavy (non-hydrogen) atoms. The zero-order chi connectivity index (χ0) is 23.3. The van der Waals surface area contributed by atoms with Crippen molar-refractivity contribution >= 4 is 27.6 Å². The van der Waals surface area contributed by atoms with Crippen LogP contribution in [0.5, 0.6) is 0 Å². The van der Waals surface area contributed by atoms with E-state index in [4.69, 9.17) is 9.88 Å². The monoisotopic (exact) mass is 461 g/mol. The average molecular weight is 462 g/mol. The van der Waals surface area contributed by atoms with Crippen molar-refractivity contribution in [3.05, 3.63) is 71.2 Å². The van der Waals surface area contributed by atoms with Crippen LogP contribution >= 0.6 is 0 Å². The van der Waals surface area contributed by atoms with E-state index in [0.717, 1.165) is 0 Å². The number of halogens is 1. The molecule has 8 nitrogen and oxygen atoms in total. The summed E-state index contributed by atoms with van der Waals surface area (Å²) in [5.41, 5.74) is 1.37. The standard InChI is InChI=1S/C22H24FN3O5S/c1-2-31-22(28)18-7-4-8-19(25-16-6-3-5-15(23)13-16)20(18)26-21(27)14-9-11-17(12-10-14)32(24,29)30/h3,5-6,9-13,19,25H,2,4,7-8H2,1H3,(H,26,27)(H2,24,29,30). The van der Waals surface area contributed by atoms with Gasteiger partial charge in [-0.05, 0) is 68.7 Å². The van der Waals surface area contributed by atoms with Gasteiger partial charge in [0.1, 0.15) is 5.82 Å². The molecule has 0 saturated heterocycles. The summed E-state index contributed by atoms with van der Waals surface area (Å²) >= 11 is 0. The Balaban J connectivity index is 1.91. The summed E-state index contributed by atoms with van der Waals surface area (Å²) in [6.07, 6.45) is 1.68. The quantitative estimate of drug-likeness (QED) is 0.544. The predicted octanol–water partition coefficient (Wildman–Crippen LogP) is 2.68. The lowest BCUT2D eigenvalue weighted by Crippen LogP contribution is -2.39. The summed E-state index contributed by atoms with van der Waals surface area (Å²) in [6, 6.07) is 10.5. The van der Waals surface area contributed by atoms with E-state index in [0.29, 0.717) is 36.2 Å². The Bertz CT molecular complexity index is 1150. The van der Waals surface area contributed by atoms with Gasteiger partial charge in [-0.25, -0.2) is 22.7 Å². The molecule has 0 saturated carbocycles. The van der Waals surface area contributed by atoms with Gasteiger partial charge in [0, 0.05) is 11.3 Å². The maximum Gasteiger partial charge on any atom is 0.335 e. The molecule has 4 N–H and O–H groups in total. The topological polar surface area (TPSA) is 128 Å². The van der Waals surface area contributed by atoms with E-state index in [1.54, 1.807) is 19.1 Å². The smallest absolute Gasteiger partial charge is 0.335 e. The van der Waals surface area contributed by atoms with Crippen molar-refractivity contribution < 1.29 is 27.1 Å². The summed E-state index contributed by atoms with van der Waals surface area (Å²) in [4.78, 5) is 25.3. The third-order valence-electron chi connectivity index (χ3n) is 4.97. The molecule has 0 spiro atoms. The van der Waals surface area contributed by atoms with Crippen molar-refractivity contribution in [2.24, 2.45) is 5.14 Å². The number of anilines is 1. The number of nitrogens with two attached hydrogens (primary N) is 1. The lowest BCUT2D eigenvalue weighted by Gasteiger charge is -2.29. The van der Waals surface area contributed by atoms with Crippen molar-refractivity contribution in [3.63, 3.8) is 0 Å². The van der Waals surface area contributed by atoms with Crippen LogP contribution in [-0.4, -0.2) is 32.9 Å². The van der Waals surface area contributed by atoms with Gasteiger partial charge >= 0.3 is 5.97 Å². The van der Waals surface area contributed by atoms with Crippen LogP contribution in [0.25, 0.3) is 0 Å². The van der Waals surface area contributed by atoms with Crippen molar-refractivity contribution in [2.45, 2.75) is 37.1 Å². The van der Waals surface area contributed by atoms with E-state index < -0.39 is 33.8 Å². The Morgan fingerprint density at radius 1 is 1.19 bits per heavy atom. The van der Waals surface area contributed by atoms with Crippen LogP contribution in [-0.2, 0) is 19.6 Å². The summed E-state index contributed by atoms with van der Waals surface area (Å²) in [5.74, 6) is -1.48. The SMILES string of the molecule is CCOC(=O)C1=C(NC(=O)c2ccc(S(N)(=O)=O)cc2)C(Nc2cccc(F)c2)CCC1. The maximum absolute atomic E-state index is 13.6. The lowest BCUT2D eigenvalue weighted by molar-refractivity contribution is -0.138. The molecule has 0 aromatic heterocycles. The normalized spacial score (nSPS) is 16.4. The number of ether oxygens (including phenoxy) is 1. The molecule has 2 aromatic rings. The lowest BCUT2D eigenvalue weighted by atomic mass is 9.91. The van der Waals surface area contributed by atoms with E-state index in [1.165, 1.54) is 36.4 Å². The molecule has 2 aromatic carbocycles. The van der Waals surface area contributed by atoms with Crippen LogP contribution in [0, 0.1) is 5.82 Å². The molecule has 170 valence electrons. The summed E-state index contributed by atoms with van der Waals surface area (Å²) in [7, 11) is -3.89. The first kappa shape index (κ1) is 23.4. The van der Waals surface area contributed by atoms with Gasteiger partial charge in [-0.1, -0.05) is 6.07 Å². The highest BCUT2D eigenvalue weighted by Crippen LogP contribution is 2.28. The van der Waals surface area contributed by atoms with Crippen LogP contribution in [0.3, 0.4) is 0 Å². The van der Waals surface area contributed by atoms with Gasteiger partial charge in [0.2, 0.25) is 10.0 Å². The van der Waals surface area contributed by atoms with E-state index in [1.807, 2.05) is 0 Å². The molecule has 0 bridgehead atoms. The molecular weight excluding hydrogens is 437 g/mol. The second-order valence-corrected chi connectivity index (χ2v) is 8.80. The third kappa shape index (κ3) is 5.71. The number of primary sulfonamides is 1. The second kappa shape index (κ2) is 9.92. The van der Waals surface area contributed by atoms with E-state index >= 15 is 0 Å². The molecular formula is C22H24FN3O5S. The molecule has 1 unspecified atom stereocenters. The average Bonchev–Trinajstić information content (AvgIpc) is 2.74. The minimum atomic E-state index is -3.89. The van der Waals surface area contributed by atoms with E-state index in [9.17, 15) is 22.4 Å². The summed E-state index contributed by atoms with van der Waals surface area (Å²) < 4.78 is 41.6. The third-order valence-corrected chi connectivity index (χ3v) is 5.90. The molecule has 3 rings (SSSR count). The van der Waals surface area contributed by atoms with Crippen molar-refractivity contribution in [2.75, 3.05) is 11.9 Å². The first-order chi connectivity index (χ1) is 15.2. The fraction of sp³-hybridized carbons (Fsp3) is 0.273. The van der Waals surface area contributed by atoms with Gasteiger partial charge in [-0.2, -0.15) is 0 Å². The fourth-order valence-electron chi connectivity index (χ4n) is 3.48. The summed E-state index contributed by atoms with van der Waals surface area (Å²) in [6.45, 7) is 1.87. The van der Waals surface area contributed by atoms with E-state index in [-0.39, 0.29) is 17.1 Å². The Hall–Kier alpha value is -3.24. The number of hydrogen-bond donors (Lipinski definition) is 3. The first-order valence-corrected chi connectivity index (χ1v) is 11.6. The highest BCUT2D eigenvalue weighted by atomic mass is 32.2. The molecule has 0 fully saturated rings. The zero-order valence-electron chi connectivity index (χ0n) is 17.4. The molecule has 1 amide bonds. The number of benzene rings is 2. The summed E-state index contributed by atoms with van der Waals surface area (Å²) in [5, 5.41) is 11.0. The predicted molar refractivity (Wildman–Crippen MR) is 117 cm³/mol. The van der Waals surface area contributed by atoms with Crippen LogP contribution in [0.15, 0.2) is 64.7 Å². The largest absolute Gasteiger partial charge is 0.463 e. The number of carbonyl (C=O) groups is 2. The van der Waals surface area contributed by atoms with Crippen molar-refractivity contribution in [1.29, 1.82) is 0 Å². The van der Waals surface area contributed by atoms with Gasteiger partial charge in [-0.3, -0.25) is 4.79 Å². The maximum atomic E-state index is 13.6. The minimum Gasteiger partial charge on any atom is -0.463 e. The second-order valence-electron chi connectivity index (χ2n) is 7.24. The highest BCUT2D eigenvalue weighted by Gasteiger charge is 2.29.